The molecule has 2 nitrogen and oxygen atoms in total. The molecule has 0 saturated heterocycles. The molecule has 1 N–H and O–H groups in total. The summed E-state index contributed by atoms with van der Waals surface area (Å²) in [6, 6.07) is 0. The van der Waals surface area contributed by atoms with Crippen molar-refractivity contribution in [2.24, 2.45) is 5.92 Å². The van der Waals surface area contributed by atoms with Crippen LogP contribution in [0, 0.1) is 5.92 Å². The zero-order valence-corrected chi connectivity index (χ0v) is 10.3. The lowest BCUT2D eigenvalue weighted by Crippen LogP contribution is -2.27. The number of aliphatic hydroxyl groups is 1. The van der Waals surface area contributed by atoms with Crippen molar-refractivity contribution in [2.75, 3.05) is 32.1 Å². The van der Waals surface area contributed by atoms with Crippen LogP contribution in [-0.2, 0) is 0 Å². The van der Waals surface area contributed by atoms with Gasteiger partial charge in [0.2, 0.25) is 0 Å². The number of rotatable bonds is 9. The van der Waals surface area contributed by atoms with E-state index in [0.29, 0.717) is 6.61 Å². The van der Waals surface area contributed by atoms with Crippen molar-refractivity contribution in [3.05, 3.63) is 0 Å². The van der Waals surface area contributed by atoms with Crippen LogP contribution < -0.4 is 0 Å². The van der Waals surface area contributed by atoms with E-state index in [4.69, 9.17) is 16.7 Å². The molecule has 0 spiro atoms. The van der Waals surface area contributed by atoms with Crippen LogP contribution in [0.4, 0.5) is 0 Å². The van der Waals surface area contributed by atoms with Crippen LogP contribution in [0.15, 0.2) is 0 Å². The highest BCUT2D eigenvalue weighted by Gasteiger charge is 2.05. The SMILES string of the molecule is CCN(CCCO)CCC(C)CCCl. The Labute approximate surface area is 93.2 Å². The van der Waals surface area contributed by atoms with Crippen LogP contribution in [0.2, 0.25) is 0 Å². The second-order valence-corrected chi connectivity index (χ2v) is 4.26. The van der Waals surface area contributed by atoms with E-state index < -0.39 is 0 Å². The molecule has 0 fully saturated rings. The normalized spacial score (nSPS) is 13.5. The lowest BCUT2D eigenvalue weighted by atomic mass is 10.1. The summed E-state index contributed by atoms with van der Waals surface area (Å²) in [6.45, 7) is 7.95. The number of nitrogens with zero attached hydrogens (tertiary/aromatic N) is 1. The van der Waals surface area contributed by atoms with E-state index >= 15 is 0 Å². The van der Waals surface area contributed by atoms with Crippen LogP contribution >= 0.6 is 11.6 Å². The molecule has 0 aliphatic heterocycles. The Bertz CT molecular complexity index is 122. The largest absolute Gasteiger partial charge is 0.396 e. The first-order valence-corrected chi connectivity index (χ1v) is 6.17. The third kappa shape index (κ3) is 7.60. The van der Waals surface area contributed by atoms with Gasteiger partial charge in [-0.3, -0.25) is 0 Å². The molecule has 0 aromatic carbocycles. The third-order valence-corrected chi connectivity index (χ3v) is 2.84. The van der Waals surface area contributed by atoms with Crippen LogP contribution in [0.25, 0.3) is 0 Å². The summed E-state index contributed by atoms with van der Waals surface area (Å²) in [5.41, 5.74) is 0. The first kappa shape index (κ1) is 14.2. The maximum absolute atomic E-state index is 8.73. The molecule has 0 aromatic heterocycles. The summed E-state index contributed by atoms with van der Waals surface area (Å²) in [5, 5.41) is 8.73. The fourth-order valence-corrected chi connectivity index (χ4v) is 1.83. The van der Waals surface area contributed by atoms with Crippen LogP contribution in [-0.4, -0.2) is 42.1 Å². The van der Waals surface area contributed by atoms with Crippen molar-refractivity contribution in [1.29, 1.82) is 0 Å². The fraction of sp³-hybridized carbons (Fsp3) is 1.00. The monoisotopic (exact) mass is 221 g/mol. The van der Waals surface area contributed by atoms with Gasteiger partial charge < -0.3 is 10.0 Å². The van der Waals surface area contributed by atoms with Crippen LogP contribution in [0.3, 0.4) is 0 Å². The number of hydrogen-bond acceptors (Lipinski definition) is 2. The molecule has 0 aliphatic carbocycles. The molecule has 1 unspecified atom stereocenters. The maximum Gasteiger partial charge on any atom is 0.0443 e. The third-order valence-electron chi connectivity index (χ3n) is 2.62. The Kier molecular flexibility index (Phi) is 9.90. The van der Waals surface area contributed by atoms with Gasteiger partial charge in [0, 0.05) is 19.0 Å². The molecule has 0 aliphatic rings. The average molecular weight is 222 g/mol. The number of halogens is 1. The molecule has 0 amide bonds. The Morgan fingerprint density at radius 2 is 2.00 bits per heavy atom. The lowest BCUT2D eigenvalue weighted by Gasteiger charge is -2.21. The van der Waals surface area contributed by atoms with Crippen molar-refractivity contribution in [1.82, 2.24) is 4.90 Å². The molecule has 0 radical (unpaired) electrons. The summed E-state index contributed by atoms with van der Waals surface area (Å²) < 4.78 is 0. The highest BCUT2D eigenvalue weighted by atomic mass is 35.5. The first-order valence-electron chi connectivity index (χ1n) is 5.63. The minimum absolute atomic E-state index is 0.299. The van der Waals surface area contributed by atoms with Crippen molar-refractivity contribution in [3.8, 4) is 0 Å². The summed E-state index contributed by atoms with van der Waals surface area (Å²) in [5.74, 6) is 1.49. The van der Waals surface area contributed by atoms with E-state index in [1.54, 1.807) is 0 Å². The fourth-order valence-electron chi connectivity index (χ4n) is 1.46. The van der Waals surface area contributed by atoms with Gasteiger partial charge in [-0.2, -0.15) is 0 Å². The van der Waals surface area contributed by atoms with E-state index in [9.17, 15) is 0 Å². The molecular formula is C11H24ClNO. The molecule has 0 bridgehead atoms. The lowest BCUT2D eigenvalue weighted by molar-refractivity contribution is 0.221. The van der Waals surface area contributed by atoms with Gasteiger partial charge in [0.05, 0.1) is 0 Å². The predicted molar refractivity (Wildman–Crippen MR) is 62.9 cm³/mol. The highest BCUT2D eigenvalue weighted by molar-refractivity contribution is 6.17. The number of alkyl halides is 1. The van der Waals surface area contributed by atoms with E-state index in [-0.39, 0.29) is 0 Å². The predicted octanol–water partition coefficient (Wildman–Crippen LogP) is 2.35. The molecule has 0 heterocycles. The summed E-state index contributed by atoms with van der Waals surface area (Å²) in [7, 11) is 0. The first-order chi connectivity index (χ1) is 6.74. The maximum atomic E-state index is 8.73. The Morgan fingerprint density at radius 1 is 1.29 bits per heavy atom. The Balaban J connectivity index is 3.50. The van der Waals surface area contributed by atoms with Gasteiger partial charge in [-0.05, 0) is 38.3 Å². The second-order valence-electron chi connectivity index (χ2n) is 3.88. The van der Waals surface area contributed by atoms with E-state index in [1.807, 2.05) is 0 Å². The second kappa shape index (κ2) is 9.75. The minimum atomic E-state index is 0.299. The summed E-state index contributed by atoms with van der Waals surface area (Å²) in [4.78, 5) is 2.39. The quantitative estimate of drug-likeness (QED) is 0.605. The highest BCUT2D eigenvalue weighted by Crippen LogP contribution is 2.09. The van der Waals surface area contributed by atoms with E-state index in [2.05, 4.69) is 18.7 Å². The average Bonchev–Trinajstić information content (AvgIpc) is 2.19. The van der Waals surface area contributed by atoms with Gasteiger partial charge in [-0.25, -0.2) is 0 Å². The smallest absolute Gasteiger partial charge is 0.0443 e. The van der Waals surface area contributed by atoms with Gasteiger partial charge in [0.15, 0.2) is 0 Å². The zero-order chi connectivity index (χ0) is 10.8. The Hall–Kier alpha value is 0.210. The minimum Gasteiger partial charge on any atom is -0.396 e. The molecule has 14 heavy (non-hydrogen) atoms. The molecule has 3 heteroatoms. The Morgan fingerprint density at radius 3 is 2.50 bits per heavy atom. The molecule has 1 atom stereocenters. The molecule has 86 valence electrons. The number of aliphatic hydroxyl groups excluding tert-OH is 1. The van der Waals surface area contributed by atoms with Crippen molar-refractivity contribution >= 4 is 11.6 Å². The number of hydrogen-bond donors (Lipinski definition) is 1. The molecule has 0 rings (SSSR count). The summed E-state index contributed by atoms with van der Waals surface area (Å²) >= 11 is 5.68. The molecule has 0 saturated carbocycles. The van der Waals surface area contributed by atoms with Crippen molar-refractivity contribution < 1.29 is 5.11 Å². The standard InChI is InChI=1S/C11H24ClNO/c1-3-13(8-4-10-14)9-6-11(2)5-7-12/h11,14H,3-10H2,1-2H3. The molecule has 0 aromatic rings. The van der Waals surface area contributed by atoms with Crippen molar-refractivity contribution in [3.63, 3.8) is 0 Å². The summed E-state index contributed by atoms with van der Waals surface area (Å²) in [6.07, 6.45) is 3.21. The topological polar surface area (TPSA) is 23.5 Å². The van der Waals surface area contributed by atoms with Gasteiger partial charge in [0.1, 0.15) is 0 Å². The van der Waals surface area contributed by atoms with Gasteiger partial charge in [0.25, 0.3) is 0 Å². The van der Waals surface area contributed by atoms with E-state index in [1.165, 1.54) is 6.42 Å². The zero-order valence-electron chi connectivity index (χ0n) is 9.51. The van der Waals surface area contributed by atoms with E-state index in [0.717, 1.165) is 44.3 Å². The van der Waals surface area contributed by atoms with Gasteiger partial charge >= 0.3 is 0 Å². The van der Waals surface area contributed by atoms with Crippen LogP contribution in [0.1, 0.15) is 33.1 Å². The van der Waals surface area contributed by atoms with Gasteiger partial charge in [-0.1, -0.05) is 13.8 Å². The van der Waals surface area contributed by atoms with Crippen LogP contribution in [0.5, 0.6) is 0 Å². The van der Waals surface area contributed by atoms with Crippen molar-refractivity contribution in [2.45, 2.75) is 33.1 Å². The molecular weight excluding hydrogens is 198 g/mol. The van der Waals surface area contributed by atoms with Gasteiger partial charge in [-0.15, -0.1) is 11.6 Å².